The number of hydrogen-bond acceptors (Lipinski definition) is 4. The van der Waals surface area contributed by atoms with Gasteiger partial charge in [-0.3, -0.25) is 9.59 Å². The van der Waals surface area contributed by atoms with Gasteiger partial charge in [0, 0.05) is 56.6 Å². The number of benzene rings is 1. The summed E-state index contributed by atoms with van der Waals surface area (Å²) >= 11 is 3.29. The number of halogens is 1. The molecule has 3 rings (SSSR count). The lowest BCUT2D eigenvalue weighted by molar-refractivity contribution is -0.133. The van der Waals surface area contributed by atoms with Crippen molar-refractivity contribution in [3.63, 3.8) is 0 Å². The van der Waals surface area contributed by atoms with Crippen molar-refractivity contribution in [1.82, 2.24) is 14.1 Å². The third-order valence-electron chi connectivity index (χ3n) is 4.79. The minimum absolute atomic E-state index is 0.0239. The van der Waals surface area contributed by atoms with Crippen LogP contribution in [0.15, 0.2) is 33.6 Å². The zero-order chi connectivity index (χ0) is 18.7. The fourth-order valence-corrected chi connectivity index (χ4v) is 5.30. The van der Waals surface area contributed by atoms with E-state index in [0.717, 1.165) is 13.0 Å². The highest BCUT2D eigenvalue weighted by Gasteiger charge is 2.30. The first-order valence-electron chi connectivity index (χ1n) is 8.69. The minimum Gasteiger partial charge on any atom is -0.342 e. The first-order chi connectivity index (χ1) is 12.4. The molecule has 7 nitrogen and oxygen atoms in total. The second-order valence-corrected chi connectivity index (χ2v) is 9.33. The molecule has 0 spiro atoms. The Bertz CT molecular complexity index is 791. The fraction of sp³-hybridized carbons (Fsp3) is 0.529. The quantitative estimate of drug-likeness (QED) is 0.686. The van der Waals surface area contributed by atoms with Gasteiger partial charge in [-0.05, 0) is 24.6 Å². The average molecular weight is 444 g/mol. The van der Waals surface area contributed by atoms with Gasteiger partial charge in [-0.1, -0.05) is 22.0 Å². The molecule has 9 heteroatoms. The molecule has 2 aliphatic rings. The Morgan fingerprint density at radius 3 is 2.46 bits per heavy atom. The number of nitrogens with zero attached hydrogens (tertiary/aromatic N) is 3. The van der Waals surface area contributed by atoms with E-state index in [1.807, 2.05) is 0 Å². The van der Waals surface area contributed by atoms with Crippen LogP contribution in [0.4, 0.5) is 0 Å². The Morgan fingerprint density at radius 2 is 1.85 bits per heavy atom. The van der Waals surface area contributed by atoms with Gasteiger partial charge >= 0.3 is 0 Å². The molecule has 2 saturated heterocycles. The van der Waals surface area contributed by atoms with Gasteiger partial charge in [0.05, 0.1) is 4.90 Å². The summed E-state index contributed by atoms with van der Waals surface area (Å²) in [4.78, 5) is 27.6. The van der Waals surface area contributed by atoms with E-state index in [1.54, 1.807) is 34.1 Å². The smallest absolute Gasteiger partial charge is 0.243 e. The number of hydrogen-bond donors (Lipinski definition) is 0. The Kier molecular flexibility index (Phi) is 5.99. The van der Waals surface area contributed by atoms with Crippen molar-refractivity contribution in [2.75, 3.05) is 39.3 Å². The predicted octanol–water partition coefficient (Wildman–Crippen LogP) is 1.29. The molecule has 1 aromatic carbocycles. The van der Waals surface area contributed by atoms with E-state index in [0.29, 0.717) is 36.9 Å². The van der Waals surface area contributed by atoms with Crippen molar-refractivity contribution in [3.05, 3.63) is 28.7 Å². The number of carbonyl (C=O) groups excluding carboxylic acids is 2. The molecule has 0 N–H and O–H groups in total. The van der Waals surface area contributed by atoms with Gasteiger partial charge in [0.15, 0.2) is 0 Å². The molecule has 0 aromatic heterocycles. The fourth-order valence-electron chi connectivity index (χ4n) is 3.28. The number of piperazine rings is 1. The van der Waals surface area contributed by atoms with Gasteiger partial charge in [0.25, 0.3) is 0 Å². The summed E-state index contributed by atoms with van der Waals surface area (Å²) in [7, 11) is -3.55. The number of carbonyl (C=O) groups is 2. The van der Waals surface area contributed by atoms with Crippen molar-refractivity contribution in [2.45, 2.75) is 24.2 Å². The summed E-state index contributed by atoms with van der Waals surface area (Å²) in [6.45, 7) is 2.49. The zero-order valence-electron chi connectivity index (χ0n) is 14.4. The zero-order valence-corrected chi connectivity index (χ0v) is 16.8. The normalized spacial score (nSPS) is 19.2. The molecule has 0 bridgehead atoms. The molecule has 0 atom stereocenters. The van der Waals surface area contributed by atoms with Crippen LogP contribution in [-0.2, 0) is 19.6 Å². The van der Waals surface area contributed by atoms with E-state index in [2.05, 4.69) is 15.9 Å². The summed E-state index contributed by atoms with van der Waals surface area (Å²) < 4.78 is 27.5. The van der Waals surface area contributed by atoms with Crippen LogP contribution in [0.5, 0.6) is 0 Å². The third-order valence-corrected chi connectivity index (χ3v) is 7.18. The van der Waals surface area contributed by atoms with Crippen molar-refractivity contribution in [1.29, 1.82) is 0 Å². The highest BCUT2D eigenvalue weighted by atomic mass is 79.9. The topological polar surface area (TPSA) is 78.0 Å². The number of sulfonamides is 1. The summed E-state index contributed by atoms with van der Waals surface area (Å²) in [5.41, 5.74) is 0. The Balaban J connectivity index is 1.53. The number of likely N-dealkylation sites (tertiary alicyclic amines) is 1. The minimum atomic E-state index is -3.55. The van der Waals surface area contributed by atoms with Crippen LogP contribution in [0.25, 0.3) is 0 Å². The maximum absolute atomic E-state index is 12.7. The molecule has 2 fully saturated rings. The average Bonchev–Trinajstić information content (AvgIpc) is 3.05. The second kappa shape index (κ2) is 8.06. The van der Waals surface area contributed by atoms with Crippen LogP contribution in [0.2, 0.25) is 0 Å². The Morgan fingerprint density at radius 1 is 1.12 bits per heavy atom. The van der Waals surface area contributed by atoms with Crippen LogP contribution < -0.4 is 0 Å². The van der Waals surface area contributed by atoms with Crippen molar-refractivity contribution < 1.29 is 18.0 Å². The van der Waals surface area contributed by atoms with Crippen molar-refractivity contribution >= 4 is 37.8 Å². The maximum atomic E-state index is 12.7. The molecule has 0 aliphatic carbocycles. The van der Waals surface area contributed by atoms with E-state index in [9.17, 15) is 18.0 Å². The SMILES string of the molecule is O=C1CCCN1CCC(=O)N1CCN(S(=O)(=O)c2cccc(Br)c2)CC1. The molecule has 0 saturated carbocycles. The molecule has 142 valence electrons. The van der Waals surface area contributed by atoms with Crippen molar-refractivity contribution in [2.24, 2.45) is 0 Å². The molecule has 26 heavy (non-hydrogen) atoms. The first-order valence-corrected chi connectivity index (χ1v) is 10.9. The lowest BCUT2D eigenvalue weighted by Crippen LogP contribution is -2.50. The van der Waals surface area contributed by atoms with Gasteiger partial charge in [-0.25, -0.2) is 8.42 Å². The maximum Gasteiger partial charge on any atom is 0.243 e. The van der Waals surface area contributed by atoms with E-state index >= 15 is 0 Å². The standard InChI is InChI=1S/C17H22BrN3O4S/c18-14-3-1-4-15(13-14)26(24,25)21-11-9-20(10-12-21)17(23)6-8-19-7-2-5-16(19)22/h1,3-4,13H,2,5-12H2. The van der Waals surface area contributed by atoms with Crippen molar-refractivity contribution in [3.8, 4) is 0 Å². The lowest BCUT2D eigenvalue weighted by atomic mass is 10.3. The molecular weight excluding hydrogens is 422 g/mol. The summed E-state index contributed by atoms with van der Waals surface area (Å²) in [6.07, 6.45) is 1.73. The van der Waals surface area contributed by atoms with Crippen LogP contribution in [0, 0.1) is 0 Å². The van der Waals surface area contributed by atoms with Gasteiger partial charge in [-0.15, -0.1) is 0 Å². The summed E-state index contributed by atoms with van der Waals surface area (Å²) in [6, 6.07) is 6.63. The first kappa shape index (κ1) is 19.3. The third kappa shape index (κ3) is 4.27. The summed E-state index contributed by atoms with van der Waals surface area (Å²) in [5, 5.41) is 0. The lowest BCUT2D eigenvalue weighted by Gasteiger charge is -2.34. The molecule has 0 radical (unpaired) electrons. The highest BCUT2D eigenvalue weighted by Crippen LogP contribution is 2.21. The van der Waals surface area contributed by atoms with Crippen LogP contribution in [-0.4, -0.2) is 73.6 Å². The molecular formula is C17H22BrN3O4S. The van der Waals surface area contributed by atoms with Gasteiger partial charge in [0.2, 0.25) is 21.8 Å². The highest BCUT2D eigenvalue weighted by molar-refractivity contribution is 9.10. The van der Waals surface area contributed by atoms with Crippen LogP contribution >= 0.6 is 15.9 Å². The largest absolute Gasteiger partial charge is 0.342 e. The van der Waals surface area contributed by atoms with Crippen LogP contribution in [0.1, 0.15) is 19.3 Å². The van der Waals surface area contributed by atoms with E-state index in [4.69, 9.17) is 0 Å². The van der Waals surface area contributed by atoms with E-state index in [1.165, 1.54) is 4.31 Å². The molecule has 0 unspecified atom stereocenters. The summed E-state index contributed by atoms with van der Waals surface area (Å²) in [5.74, 6) is 0.0898. The van der Waals surface area contributed by atoms with Gasteiger partial charge < -0.3 is 9.80 Å². The molecule has 1 aromatic rings. The Hall–Kier alpha value is -1.45. The Labute approximate surface area is 162 Å². The molecule has 2 heterocycles. The predicted molar refractivity (Wildman–Crippen MR) is 99.9 cm³/mol. The molecule has 2 aliphatic heterocycles. The van der Waals surface area contributed by atoms with E-state index < -0.39 is 10.0 Å². The van der Waals surface area contributed by atoms with Gasteiger partial charge in [0.1, 0.15) is 0 Å². The number of rotatable bonds is 5. The second-order valence-electron chi connectivity index (χ2n) is 6.48. The van der Waals surface area contributed by atoms with E-state index in [-0.39, 0.29) is 29.8 Å². The van der Waals surface area contributed by atoms with Crippen LogP contribution in [0.3, 0.4) is 0 Å². The monoisotopic (exact) mass is 443 g/mol. The molecule has 2 amide bonds. The number of amides is 2. The van der Waals surface area contributed by atoms with Gasteiger partial charge in [-0.2, -0.15) is 4.31 Å².